The lowest BCUT2D eigenvalue weighted by molar-refractivity contribution is 0.0668. The van der Waals surface area contributed by atoms with Crippen LogP contribution in [0.25, 0.3) is 0 Å². The summed E-state index contributed by atoms with van der Waals surface area (Å²) in [6.07, 6.45) is 1.34. The number of nitrogens with two attached hydrogens (primary N) is 1. The van der Waals surface area contributed by atoms with Crippen molar-refractivity contribution in [3.63, 3.8) is 0 Å². The Hall–Kier alpha value is -1.39. The Morgan fingerprint density at radius 3 is 3.06 bits per heavy atom. The van der Waals surface area contributed by atoms with E-state index in [2.05, 4.69) is 11.8 Å². The summed E-state index contributed by atoms with van der Waals surface area (Å²) in [6.45, 7) is 5.76. The van der Waals surface area contributed by atoms with E-state index in [0.717, 1.165) is 43.8 Å². The van der Waals surface area contributed by atoms with Crippen molar-refractivity contribution in [2.45, 2.75) is 26.0 Å². The first-order valence-electron chi connectivity index (χ1n) is 6.43. The van der Waals surface area contributed by atoms with E-state index in [9.17, 15) is 0 Å². The number of ether oxygens (including phenoxy) is 1. The van der Waals surface area contributed by atoms with Gasteiger partial charge in [-0.05, 0) is 18.9 Å². The van der Waals surface area contributed by atoms with Gasteiger partial charge in [0, 0.05) is 31.8 Å². The number of rotatable bonds is 3. The van der Waals surface area contributed by atoms with Crippen molar-refractivity contribution in [2.75, 3.05) is 19.7 Å². The Kier molecular flexibility index (Phi) is 4.33. The minimum atomic E-state index is 0.143. The van der Waals surface area contributed by atoms with Crippen LogP contribution >= 0.6 is 0 Å². The fraction of sp³-hybridized carbons (Fsp3) is 0.500. The third-order valence-electron chi connectivity index (χ3n) is 3.24. The first-order valence-corrected chi connectivity index (χ1v) is 6.43. The second-order valence-corrected chi connectivity index (χ2v) is 4.84. The van der Waals surface area contributed by atoms with Gasteiger partial charge in [-0.1, -0.05) is 24.3 Å². The average molecular weight is 247 g/mol. The molecule has 1 aliphatic rings. The average Bonchev–Trinajstić information content (AvgIpc) is 2.54. The summed E-state index contributed by atoms with van der Waals surface area (Å²) >= 11 is 0. The Morgan fingerprint density at radius 2 is 2.28 bits per heavy atom. The van der Waals surface area contributed by atoms with Gasteiger partial charge in [-0.3, -0.25) is 10.3 Å². The smallest absolute Gasteiger partial charge is 0.123 e. The molecule has 1 saturated heterocycles. The highest BCUT2D eigenvalue weighted by Gasteiger charge is 2.16. The third-order valence-corrected chi connectivity index (χ3v) is 3.24. The normalized spacial score (nSPS) is 21.5. The molecule has 0 amide bonds. The number of nitrogens with zero attached hydrogens (tertiary/aromatic N) is 1. The first-order chi connectivity index (χ1) is 8.66. The SMILES string of the molecule is CC1CN(Cc2ccccc2C(=N)N)CCCO1. The Balaban J connectivity index is 2.10. The number of nitrogens with one attached hydrogen (secondary N) is 1. The van der Waals surface area contributed by atoms with Crippen molar-refractivity contribution < 1.29 is 4.74 Å². The zero-order valence-electron chi connectivity index (χ0n) is 10.9. The van der Waals surface area contributed by atoms with Crippen LogP contribution < -0.4 is 5.73 Å². The van der Waals surface area contributed by atoms with E-state index in [-0.39, 0.29) is 11.9 Å². The molecule has 0 spiro atoms. The molecule has 0 bridgehead atoms. The number of amidine groups is 1. The fourth-order valence-electron chi connectivity index (χ4n) is 2.39. The molecule has 98 valence electrons. The molecule has 1 unspecified atom stereocenters. The highest BCUT2D eigenvalue weighted by atomic mass is 16.5. The van der Waals surface area contributed by atoms with Crippen molar-refractivity contribution in [3.05, 3.63) is 35.4 Å². The molecule has 3 N–H and O–H groups in total. The van der Waals surface area contributed by atoms with Gasteiger partial charge in [-0.2, -0.15) is 0 Å². The van der Waals surface area contributed by atoms with Gasteiger partial charge in [0.1, 0.15) is 5.84 Å². The molecule has 0 aromatic heterocycles. The molecule has 2 rings (SSSR count). The first kappa shape index (κ1) is 13.1. The summed E-state index contributed by atoms with van der Waals surface area (Å²) in [5.41, 5.74) is 7.58. The zero-order chi connectivity index (χ0) is 13.0. The fourth-order valence-corrected chi connectivity index (χ4v) is 2.39. The molecule has 4 heteroatoms. The van der Waals surface area contributed by atoms with Crippen molar-refractivity contribution >= 4 is 5.84 Å². The lowest BCUT2D eigenvalue weighted by Crippen LogP contribution is -2.30. The van der Waals surface area contributed by atoms with E-state index >= 15 is 0 Å². The zero-order valence-corrected chi connectivity index (χ0v) is 10.9. The van der Waals surface area contributed by atoms with Crippen LogP contribution in [-0.4, -0.2) is 36.5 Å². The standard InChI is InChI=1S/C14H21N3O/c1-11-9-17(7-4-8-18-11)10-12-5-2-3-6-13(12)14(15)16/h2-3,5-6,11H,4,7-10H2,1H3,(H3,15,16). The summed E-state index contributed by atoms with van der Waals surface area (Å²) < 4.78 is 5.64. The second kappa shape index (κ2) is 5.98. The van der Waals surface area contributed by atoms with Crippen LogP contribution in [0.2, 0.25) is 0 Å². The highest BCUT2D eigenvalue weighted by molar-refractivity contribution is 5.96. The molecular formula is C14H21N3O. The summed E-state index contributed by atoms with van der Waals surface area (Å²) in [5, 5.41) is 7.61. The molecule has 1 aromatic rings. The van der Waals surface area contributed by atoms with Crippen LogP contribution in [0.15, 0.2) is 24.3 Å². The number of hydrogen-bond acceptors (Lipinski definition) is 3. The third kappa shape index (κ3) is 3.31. The van der Waals surface area contributed by atoms with Crippen molar-refractivity contribution in [1.29, 1.82) is 5.41 Å². The van der Waals surface area contributed by atoms with Gasteiger partial charge in [0.2, 0.25) is 0 Å². The van der Waals surface area contributed by atoms with E-state index in [1.54, 1.807) is 0 Å². The van der Waals surface area contributed by atoms with Crippen LogP contribution in [0.1, 0.15) is 24.5 Å². The van der Waals surface area contributed by atoms with Gasteiger partial charge in [0.15, 0.2) is 0 Å². The van der Waals surface area contributed by atoms with Crippen LogP contribution in [0, 0.1) is 5.41 Å². The molecule has 1 heterocycles. The van der Waals surface area contributed by atoms with E-state index in [1.807, 2.05) is 24.3 Å². The molecule has 0 radical (unpaired) electrons. The minimum Gasteiger partial charge on any atom is -0.384 e. The van der Waals surface area contributed by atoms with Gasteiger partial charge in [-0.15, -0.1) is 0 Å². The van der Waals surface area contributed by atoms with Crippen molar-refractivity contribution in [1.82, 2.24) is 4.90 Å². The van der Waals surface area contributed by atoms with E-state index < -0.39 is 0 Å². The molecule has 1 aliphatic heterocycles. The topological polar surface area (TPSA) is 62.3 Å². The van der Waals surface area contributed by atoms with Crippen LogP contribution in [0.4, 0.5) is 0 Å². The van der Waals surface area contributed by atoms with Crippen molar-refractivity contribution in [3.8, 4) is 0 Å². The molecule has 1 aromatic carbocycles. The molecule has 18 heavy (non-hydrogen) atoms. The Bertz CT molecular complexity index is 419. The molecule has 0 aliphatic carbocycles. The Morgan fingerprint density at radius 1 is 1.50 bits per heavy atom. The van der Waals surface area contributed by atoms with E-state index in [1.165, 1.54) is 0 Å². The molecular weight excluding hydrogens is 226 g/mol. The lowest BCUT2D eigenvalue weighted by atomic mass is 10.1. The summed E-state index contributed by atoms with van der Waals surface area (Å²) in [5.74, 6) is 0.143. The molecule has 4 nitrogen and oxygen atoms in total. The lowest BCUT2D eigenvalue weighted by Gasteiger charge is -2.22. The predicted molar refractivity (Wildman–Crippen MR) is 72.8 cm³/mol. The van der Waals surface area contributed by atoms with E-state index in [0.29, 0.717) is 0 Å². The van der Waals surface area contributed by atoms with Crippen LogP contribution in [0.3, 0.4) is 0 Å². The van der Waals surface area contributed by atoms with E-state index in [4.69, 9.17) is 15.9 Å². The summed E-state index contributed by atoms with van der Waals surface area (Å²) in [7, 11) is 0. The maximum Gasteiger partial charge on any atom is 0.123 e. The number of hydrogen-bond donors (Lipinski definition) is 2. The Labute approximate surface area is 108 Å². The second-order valence-electron chi connectivity index (χ2n) is 4.84. The minimum absolute atomic E-state index is 0.143. The van der Waals surface area contributed by atoms with Gasteiger partial charge < -0.3 is 10.5 Å². The predicted octanol–water partition coefficient (Wildman–Crippen LogP) is 1.58. The number of nitrogen functional groups attached to an aromatic ring is 1. The van der Waals surface area contributed by atoms with Gasteiger partial charge in [0.05, 0.1) is 6.10 Å². The van der Waals surface area contributed by atoms with Crippen LogP contribution in [0.5, 0.6) is 0 Å². The van der Waals surface area contributed by atoms with Crippen LogP contribution in [-0.2, 0) is 11.3 Å². The molecule has 1 atom stereocenters. The quantitative estimate of drug-likeness (QED) is 0.629. The maximum atomic E-state index is 7.61. The highest BCUT2D eigenvalue weighted by Crippen LogP contribution is 2.14. The van der Waals surface area contributed by atoms with Gasteiger partial charge >= 0.3 is 0 Å². The molecule has 1 fully saturated rings. The summed E-state index contributed by atoms with van der Waals surface area (Å²) in [4.78, 5) is 2.37. The van der Waals surface area contributed by atoms with Crippen molar-refractivity contribution in [2.24, 2.45) is 5.73 Å². The van der Waals surface area contributed by atoms with Gasteiger partial charge in [0.25, 0.3) is 0 Å². The summed E-state index contributed by atoms with van der Waals surface area (Å²) in [6, 6.07) is 7.89. The van der Waals surface area contributed by atoms with Gasteiger partial charge in [-0.25, -0.2) is 0 Å². The largest absolute Gasteiger partial charge is 0.384 e. The number of benzene rings is 1. The molecule has 0 saturated carbocycles. The monoisotopic (exact) mass is 247 g/mol. The maximum absolute atomic E-state index is 7.61.